The van der Waals surface area contributed by atoms with Crippen molar-refractivity contribution in [3.63, 3.8) is 0 Å². The first-order valence-electron chi connectivity index (χ1n) is 8.89. The molecule has 1 fully saturated rings. The number of fused-ring (bicyclic) bond motifs is 1. The molecule has 0 N–H and O–H groups in total. The fraction of sp³-hybridized carbons (Fsp3) is 0.300. The van der Waals surface area contributed by atoms with Crippen molar-refractivity contribution in [1.29, 1.82) is 5.26 Å². The Bertz CT molecular complexity index is 1050. The Labute approximate surface area is 157 Å². The van der Waals surface area contributed by atoms with E-state index in [9.17, 15) is 4.79 Å². The molecular weight excluding hydrogens is 340 g/mol. The number of aryl methyl sites for hydroxylation is 1. The van der Waals surface area contributed by atoms with E-state index in [4.69, 9.17) is 5.26 Å². The van der Waals surface area contributed by atoms with Gasteiger partial charge in [-0.3, -0.25) is 14.2 Å². The molecule has 3 aromatic rings. The number of amides is 1. The number of nitrogens with zero attached hydrogens (tertiary/aromatic N) is 6. The molecule has 1 aliphatic rings. The van der Waals surface area contributed by atoms with Crippen LogP contribution >= 0.6 is 0 Å². The van der Waals surface area contributed by atoms with Crippen LogP contribution in [0.25, 0.3) is 16.8 Å². The van der Waals surface area contributed by atoms with Crippen molar-refractivity contribution in [1.82, 2.24) is 24.2 Å². The van der Waals surface area contributed by atoms with Gasteiger partial charge in [0.1, 0.15) is 11.3 Å². The fourth-order valence-corrected chi connectivity index (χ4v) is 3.54. The van der Waals surface area contributed by atoms with Gasteiger partial charge in [0.15, 0.2) is 6.19 Å². The maximum absolute atomic E-state index is 13.0. The van der Waals surface area contributed by atoms with Crippen LogP contribution < -0.4 is 0 Å². The number of imidazole rings is 1. The van der Waals surface area contributed by atoms with Crippen molar-refractivity contribution in [2.24, 2.45) is 0 Å². The number of rotatable bonds is 3. The molecule has 136 valence electrons. The zero-order valence-corrected chi connectivity index (χ0v) is 15.3. The molecule has 4 rings (SSSR count). The Balaban J connectivity index is 1.62. The summed E-state index contributed by atoms with van der Waals surface area (Å²) in [6, 6.07) is 7.98. The summed E-state index contributed by atoms with van der Waals surface area (Å²) in [4.78, 5) is 25.0. The summed E-state index contributed by atoms with van der Waals surface area (Å²) >= 11 is 0. The van der Waals surface area contributed by atoms with E-state index in [1.807, 2.05) is 41.8 Å². The van der Waals surface area contributed by atoms with Gasteiger partial charge in [0.05, 0.1) is 12.2 Å². The molecule has 0 aromatic carbocycles. The van der Waals surface area contributed by atoms with Gasteiger partial charge in [-0.15, -0.1) is 0 Å². The van der Waals surface area contributed by atoms with Crippen LogP contribution in [0.3, 0.4) is 0 Å². The molecule has 0 saturated carbocycles. The minimum absolute atomic E-state index is 0.0433. The summed E-state index contributed by atoms with van der Waals surface area (Å²) in [5, 5.41) is 9.02. The van der Waals surface area contributed by atoms with E-state index in [1.165, 1.54) is 0 Å². The largest absolute Gasteiger partial charge is 0.336 e. The van der Waals surface area contributed by atoms with Crippen molar-refractivity contribution in [2.75, 3.05) is 20.1 Å². The Morgan fingerprint density at radius 1 is 1.30 bits per heavy atom. The first-order chi connectivity index (χ1) is 13.1. The van der Waals surface area contributed by atoms with Gasteiger partial charge in [0.2, 0.25) is 0 Å². The summed E-state index contributed by atoms with van der Waals surface area (Å²) in [6.07, 6.45) is 8.24. The number of pyridine rings is 2. The predicted molar refractivity (Wildman–Crippen MR) is 101 cm³/mol. The van der Waals surface area contributed by atoms with Crippen molar-refractivity contribution in [3.05, 3.63) is 54.2 Å². The third kappa shape index (κ3) is 3.10. The van der Waals surface area contributed by atoms with Crippen LogP contribution in [0.2, 0.25) is 0 Å². The summed E-state index contributed by atoms with van der Waals surface area (Å²) in [5.74, 6) is -0.0835. The number of hydrogen-bond acceptors (Lipinski definition) is 5. The first-order valence-corrected chi connectivity index (χ1v) is 8.89. The van der Waals surface area contributed by atoms with Gasteiger partial charge in [-0.25, -0.2) is 4.98 Å². The third-order valence-corrected chi connectivity index (χ3v) is 5.14. The smallest absolute Gasteiger partial charge is 0.272 e. The maximum Gasteiger partial charge on any atom is 0.272 e. The minimum Gasteiger partial charge on any atom is -0.336 e. The molecule has 1 saturated heterocycles. The van der Waals surface area contributed by atoms with Gasteiger partial charge in [0, 0.05) is 38.2 Å². The zero-order valence-electron chi connectivity index (χ0n) is 15.3. The van der Waals surface area contributed by atoms with Crippen LogP contribution in [0.15, 0.2) is 42.9 Å². The lowest BCUT2D eigenvalue weighted by Crippen LogP contribution is -2.39. The van der Waals surface area contributed by atoms with Crippen LogP contribution in [0.5, 0.6) is 0 Å². The highest BCUT2D eigenvalue weighted by Crippen LogP contribution is 2.22. The number of hydrogen-bond donors (Lipinski definition) is 0. The van der Waals surface area contributed by atoms with Crippen LogP contribution in [0.4, 0.5) is 0 Å². The molecule has 7 heteroatoms. The van der Waals surface area contributed by atoms with Gasteiger partial charge >= 0.3 is 0 Å². The number of carbonyl (C=O) groups is 1. The number of likely N-dealkylation sites (tertiary alicyclic amines) is 1. The average Bonchev–Trinajstić information content (AvgIpc) is 3.33. The highest BCUT2D eigenvalue weighted by atomic mass is 16.2. The monoisotopic (exact) mass is 360 g/mol. The molecule has 3 aromatic heterocycles. The zero-order chi connectivity index (χ0) is 19.0. The Hall–Kier alpha value is -3.40. The maximum atomic E-state index is 13.0. The third-order valence-electron chi connectivity index (χ3n) is 5.14. The summed E-state index contributed by atoms with van der Waals surface area (Å²) < 4.78 is 1.81. The second kappa shape index (κ2) is 6.72. The molecule has 0 bridgehead atoms. The quantitative estimate of drug-likeness (QED) is 0.670. The van der Waals surface area contributed by atoms with Gasteiger partial charge in [-0.1, -0.05) is 0 Å². The van der Waals surface area contributed by atoms with Gasteiger partial charge in [0.25, 0.3) is 5.91 Å². The number of nitriles is 1. The molecule has 7 nitrogen and oxygen atoms in total. The van der Waals surface area contributed by atoms with Gasteiger partial charge in [-0.05, 0) is 48.7 Å². The van der Waals surface area contributed by atoms with Crippen molar-refractivity contribution in [2.45, 2.75) is 19.4 Å². The Morgan fingerprint density at radius 2 is 2.11 bits per heavy atom. The number of carbonyl (C=O) groups excluding carboxylic acids is 1. The van der Waals surface area contributed by atoms with Crippen LogP contribution in [-0.2, 0) is 0 Å². The van der Waals surface area contributed by atoms with Gasteiger partial charge < -0.3 is 9.80 Å². The second-order valence-corrected chi connectivity index (χ2v) is 6.88. The molecule has 27 heavy (non-hydrogen) atoms. The average molecular weight is 360 g/mol. The van der Waals surface area contributed by atoms with E-state index < -0.39 is 0 Å². The van der Waals surface area contributed by atoms with Crippen molar-refractivity contribution in [3.8, 4) is 17.3 Å². The van der Waals surface area contributed by atoms with E-state index in [0.717, 1.165) is 28.9 Å². The van der Waals surface area contributed by atoms with E-state index >= 15 is 0 Å². The summed E-state index contributed by atoms with van der Waals surface area (Å²) in [5.41, 5.74) is 4.31. The predicted octanol–water partition coefficient (Wildman–Crippen LogP) is 2.33. The SMILES string of the molecule is Cc1cc(-c2ccn3c(C(=O)N(C)[C@@H]4CCN(C#N)C4)cnc3c2)ccn1. The lowest BCUT2D eigenvalue weighted by molar-refractivity contribution is 0.0732. The molecule has 0 unspecified atom stereocenters. The van der Waals surface area contributed by atoms with Crippen LogP contribution in [0.1, 0.15) is 22.6 Å². The van der Waals surface area contributed by atoms with E-state index in [-0.39, 0.29) is 11.9 Å². The lowest BCUT2D eigenvalue weighted by atomic mass is 10.1. The molecular formula is C20H20N6O. The number of aromatic nitrogens is 3. The summed E-state index contributed by atoms with van der Waals surface area (Å²) in [6.45, 7) is 3.24. The minimum atomic E-state index is -0.0835. The molecule has 1 aliphatic heterocycles. The van der Waals surface area contributed by atoms with E-state index in [0.29, 0.717) is 18.8 Å². The van der Waals surface area contributed by atoms with Crippen LogP contribution in [0, 0.1) is 18.4 Å². The van der Waals surface area contributed by atoms with Crippen molar-refractivity contribution >= 4 is 11.6 Å². The summed E-state index contributed by atoms with van der Waals surface area (Å²) in [7, 11) is 1.79. The first kappa shape index (κ1) is 17.0. The van der Waals surface area contributed by atoms with E-state index in [1.54, 1.807) is 29.2 Å². The van der Waals surface area contributed by atoms with Gasteiger partial charge in [-0.2, -0.15) is 5.26 Å². The normalized spacial score (nSPS) is 16.5. The second-order valence-electron chi connectivity index (χ2n) is 6.88. The molecule has 4 heterocycles. The topological polar surface area (TPSA) is 77.5 Å². The number of likely N-dealkylation sites (N-methyl/N-ethyl adjacent to an activating group) is 1. The standard InChI is InChI=1S/C20H20N6O/c1-14-9-15(3-6-22-14)16-4-8-26-18(11-23-19(26)10-16)20(27)24(2)17-5-7-25(12-17)13-21/h3-4,6,8-11,17H,5,7,12H2,1-2H3/t17-/m1/s1. The van der Waals surface area contributed by atoms with Crippen LogP contribution in [-0.4, -0.2) is 56.3 Å². The fourth-order valence-electron chi connectivity index (χ4n) is 3.54. The van der Waals surface area contributed by atoms with E-state index in [2.05, 4.69) is 16.2 Å². The Kier molecular flexibility index (Phi) is 4.24. The molecule has 0 spiro atoms. The molecule has 0 aliphatic carbocycles. The molecule has 1 atom stereocenters. The molecule has 0 radical (unpaired) electrons. The highest BCUT2D eigenvalue weighted by molar-refractivity contribution is 5.93. The molecule has 1 amide bonds. The highest BCUT2D eigenvalue weighted by Gasteiger charge is 2.29. The van der Waals surface area contributed by atoms with Crippen molar-refractivity contribution < 1.29 is 4.79 Å². The Morgan fingerprint density at radius 3 is 2.85 bits per heavy atom. The lowest BCUT2D eigenvalue weighted by Gasteiger charge is -2.23.